The minimum absolute atomic E-state index is 0.0226. The van der Waals surface area contributed by atoms with Crippen molar-refractivity contribution in [3.05, 3.63) is 32.9 Å². The number of carbonyl (C=O) groups is 1. The Morgan fingerprint density at radius 1 is 1.62 bits per heavy atom. The summed E-state index contributed by atoms with van der Waals surface area (Å²) in [6, 6.07) is 0. The Kier molecular flexibility index (Phi) is 4.05. The molecule has 1 atom stereocenters. The normalized spacial score (nSPS) is 12.4. The van der Waals surface area contributed by atoms with Crippen molar-refractivity contribution in [1.29, 1.82) is 0 Å². The Bertz CT molecular complexity index is 508. The molecule has 1 aromatic heterocycles. The zero-order valence-corrected chi connectivity index (χ0v) is 9.64. The van der Waals surface area contributed by atoms with Crippen LogP contribution >= 0.6 is 11.8 Å². The lowest BCUT2D eigenvalue weighted by atomic mass is 10.4. The summed E-state index contributed by atoms with van der Waals surface area (Å²) in [6.45, 7) is 3.71. The van der Waals surface area contributed by atoms with Crippen LogP contribution in [0.25, 0.3) is 0 Å². The van der Waals surface area contributed by atoms with E-state index in [0.29, 0.717) is 10.8 Å². The standard InChI is InChI=1S/C9H11FN2O3S/c1-3-5(2)16-9(15)12-4-6(10)7(13)11-8(12)14/h4-5H,3H2,1-2H3,(H,11,13,14). The summed E-state index contributed by atoms with van der Waals surface area (Å²) in [5, 5.41) is -0.580. The summed E-state index contributed by atoms with van der Waals surface area (Å²) in [7, 11) is 0. The molecule has 0 spiro atoms. The molecular weight excluding hydrogens is 235 g/mol. The highest BCUT2D eigenvalue weighted by Crippen LogP contribution is 2.15. The molecule has 0 aliphatic heterocycles. The zero-order valence-electron chi connectivity index (χ0n) is 8.82. The molecule has 16 heavy (non-hydrogen) atoms. The van der Waals surface area contributed by atoms with E-state index in [4.69, 9.17) is 0 Å². The Hall–Kier alpha value is -1.37. The lowest BCUT2D eigenvalue weighted by molar-refractivity contribution is 0.260. The van der Waals surface area contributed by atoms with Crippen LogP contribution in [-0.2, 0) is 0 Å². The monoisotopic (exact) mass is 246 g/mol. The van der Waals surface area contributed by atoms with Gasteiger partial charge in [-0.1, -0.05) is 25.6 Å². The minimum atomic E-state index is -1.15. The predicted octanol–water partition coefficient (Wildman–Crippen LogP) is 1.18. The summed E-state index contributed by atoms with van der Waals surface area (Å²) < 4.78 is 13.4. The minimum Gasteiger partial charge on any atom is -0.271 e. The lowest BCUT2D eigenvalue weighted by Crippen LogP contribution is -2.34. The van der Waals surface area contributed by atoms with Crippen LogP contribution in [0.15, 0.2) is 15.8 Å². The number of hydrogen-bond donors (Lipinski definition) is 1. The molecule has 0 saturated carbocycles. The van der Waals surface area contributed by atoms with Gasteiger partial charge < -0.3 is 0 Å². The third kappa shape index (κ3) is 2.82. The SMILES string of the molecule is CCC(C)SC(=O)n1cc(F)c(=O)[nH]c1=O. The van der Waals surface area contributed by atoms with Crippen molar-refractivity contribution in [3.8, 4) is 0 Å². The van der Waals surface area contributed by atoms with Gasteiger partial charge in [0.25, 0.3) is 10.8 Å². The first kappa shape index (κ1) is 12.7. The van der Waals surface area contributed by atoms with E-state index in [9.17, 15) is 18.8 Å². The molecule has 88 valence electrons. The second-order valence-corrected chi connectivity index (χ2v) is 4.60. The average Bonchev–Trinajstić information content (AvgIpc) is 2.23. The first-order valence-corrected chi connectivity index (χ1v) is 5.56. The topological polar surface area (TPSA) is 71.9 Å². The molecule has 0 fully saturated rings. The predicted molar refractivity (Wildman–Crippen MR) is 59.4 cm³/mol. The van der Waals surface area contributed by atoms with Crippen LogP contribution in [0.4, 0.5) is 9.18 Å². The van der Waals surface area contributed by atoms with Crippen molar-refractivity contribution in [2.75, 3.05) is 0 Å². The molecule has 0 aliphatic carbocycles. The molecule has 0 aromatic carbocycles. The van der Waals surface area contributed by atoms with Crippen LogP contribution in [0.5, 0.6) is 0 Å². The van der Waals surface area contributed by atoms with Gasteiger partial charge in [-0.2, -0.15) is 4.39 Å². The van der Waals surface area contributed by atoms with E-state index < -0.39 is 22.3 Å². The highest BCUT2D eigenvalue weighted by Gasteiger charge is 2.14. The molecule has 0 saturated heterocycles. The number of aromatic nitrogens is 2. The summed E-state index contributed by atoms with van der Waals surface area (Å²) in [5.74, 6) is -1.15. The third-order valence-corrected chi connectivity index (χ3v) is 3.11. The first-order valence-electron chi connectivity index (χ1n) is 4.68. The van der Waals surface area contributed by atoms with E-state index in [1.807, 2.05) is 13.8 Å². The maximum absolute atomic E-state index is 12.9. The van der Waals surface area contributed by atoms with Gasteiger partial charge in [-0.25, -0.2) is 9.36 Å². The van der Waals surface area contributed by atoms with Gasteiger partial charge >= 0.3 is 5.69 Å². The Labute approximate surface area is 94.7 Å². The van der Waals surface area contributed by atoms with Gasteiger partial charge in [-0.3, -0.25) is 14.6 Å². The van der Waals surface area contributed by atoms with Crippen molar-refractivity contribution in [2.24, 2.45) is 0 Å². The molecule has 0 radical (unpaired) electrons. The van der Waals surface area contributed by atoms with Crippen molar-refractivity contribution < 1.29 is 9.18 Å². The van der Waals surface area contributed by atoms with Crippen molar-refractivity contribution in [3.63, 3.8) is 0 Å². The van der Waals surface area contributed by atoms with Gasteiger partial charge in [0, 0.05) is 5.25 Å². The number of rotatable bonds is 2. The van der Waals surface area contributed by atoms with E-state index in [1.54, 1.807) is 4.98 Å². The maximum atomic E-state index is 12.9. The largest absolute Gasteiger partial charge is 0.336 e. The highest BCUT2D eigenvalue weighted by atomic mass is 32.2. The van der Waals surface area contributed by atoms with Crippen LogP contribution in [0, 0.1) is 5.82 Å². The zero-order chi connectivity index (χ0) is 12.3. The number of thioether (sulfide) groups is 1. The summed E-state index contributed by atoms with van der Waals surface area (Å²) >= 11 is 0.917. The molecule has 1 unspecified atom stereocenters. The lowest BCUT2D eigenvalue weighted by Gasteiger charge is -2.07. The second kappa shape index (κ2) is 5.11. The van der Waals surface area contributed by atoms with Crippen LogP contribution in [0.1, 0.15) is 20.3 Å². The molecule has 1 rings (SSSR count). The van der Waals surface area contributed by atoms with Crippen molar-refractivity contribution in [1.82, 2.24) is 9.55 Å². The molecule has 0 bridgehead atoms. The Morgan fingerprint density at radius 2 is 2.25 bits per heavy atom. The van der Waals surface area contributed by atoms with Crippen LogP contribution in [0.2, 0.25) is 0 Å². The Balaban J connectivity index is 3.05. The van der Waals surface area contributed by atoms with Crippen molar-refractivity contribution in [2.45, 2.75) is 25.5 Å². The van der Waals surface area contributed by atoms with Crippen LogP contribution in [-0.4, -0.2) is 20.0 Å². The van der Waals surface area contributed by atoms with Gasteiger partial charge in [0.05, 0.1) is 6.20 Å². The van der Waals surface area contributed by atoms with Crippen molar-refractivity contribution >= 4 is 17.0 Å². The fourth-order valence-corrected chi connectivity index (χ4v) is 1.66. The van der Waals surface area contributed by atoms with E-state index in [0.717, 1.165) is 18.2 Å². The molecular formula is C9H11FN2O3S. The number of carbonyl (C=O) groups excluding carboxylic acids is 1. The molecule has 0 amide bonds. The molecule has 1 N–H and O–H groups in total. The van der Waals surface area contributed by atoms with Gasteiger partial charge in [-0.05, 0) is 6.42 Å². The van der Waals surface area contributed by atoms with E-state index in [2.05, 4.69) is 0 Å². The smallest absolute Gasteiger partial charge is 0.271 e. The fourth-order valence-electron chi connectivity index (χ4n) is 0.895. The summed E-state index contributed by atoms with van der Waals surface area (Å²) in [6.07, 6.45) is 1.36. The van der Waals surface area contributed by atoms with Crippen LogP contribution in [0.3, 0.4) is 0 Å². The quantitative estimate of drug-likeness (QED) is 0.850. The first-order chi connectivity index (χ1) is 7.45. The van der Waals surface area contributed by atoms with E-state index in [-0.39, 0.29) is 5.25 Å². The number of aromatic amines is 1. The highest BCUT2D eigenvalue weighted by molar-refractivity contribution is 8.14. The Morgan fingerprint density at radius 3 is 2.81 bits per heavy atom. The van der Waals surface area contributed by atoms with Gasteiger partial charge in [0.2, 0.25) is 5.82 Å². The third-order valence-electron chi connectivity index (χ3n) is 1.97. The number of halogens is 1. The van der Waals surface area contributed by atoms with Gasteiger partial charge in [0.15, 0.2) is 0 Å². The molecule has 0 aliphatic rings. The molecule has 7 heteroatoms. The van der Waals surface area contributed by atoms with E-state index >= 15 is 0 Å². The summed E-state index contributed by atoms with van der Waals surface area (Å²) in [5.41, 5.74) is -2.05. The fraction of sp³-hybridized carbons (Fsp3) is 0.444. The van der Waals surface area contributed by atoms with E-state index in [1.165, 1.54) is 0 Å². The molecule has 5 nitrogen and oxygen atoms in total. The van der Waals surface area contributed by atoms with Gasteiger partial charge in [0.1, 0.15) is 0 Å². The average molecular weight is 246 g/mol. The maximum Gasteiger partial charge on any atom is 0.336 e. The second-order valence-electron chi connectivity index (χ2n) is 3.21. The molecule has 1 heterocycles. The number of nitrogens with one attached hydrogen (secondary N) is 1. The molecule has 1 aromatic rings. The van der Waals surface area contributed by atoms with Gasteiger partial charge in [-0.15, -0.1) is 0 Å². The number of hydrogen-bond acceptors (Lipinski definition) is 4. The van der Waals surface area contributed by atoms with Crippen LogP contribution < -0.4 is 11.2 Å². The number of nitrogens with zero attached hydrogens (tertiary/aromatic N) is 1. The summed E-state index contributed by atoms with van der Waals surface area (Å²) in [4.78, 5) is 35.2. The number of H-pyrrole nitrogens is 1.